The first-order valence-corrected chi connectivity index (χ1v) is 9.22. The molecule has 2 unspecified atom stereocenters. The SMILES string of the molecule is CC1NC2(C(=O)Nc3ccccc32)[C@H]2C(=O)N(Cc3ccc(F)cc3)C(=O)[C@@H]12. The first kappa shape index (κ1) is 17.1. The van der Waals surface area contributed by atoms with Crippen molar-refractivity contribution in [1.82, 2.24) is 10.2 Å². The van der Waals surface area contributed by atoms with Crippen LogP contribution in [0.2, 0.25) is 0 Å². The number of amides is 3. The van der Waals surface area contributed by atoms with E-state index in [1.165, 1.54) is 17.0 Å². The highest BCUT2D eigenvalue weighted by atomic mass is 19.1. The highest BCUT2D eigenvalue weighted by molar-refractivity contribution is 6.15. The van der Waals surface area contributed by atoms with E-state index < -0.39 is 17.4 Å². The van der Waals surface area contributed by atoms with E-state index in [9.17, 15) is 18.8 Å². The zero-order valence-electron chi connectivity index (χ0n) is 15.1. The molecule has 2 aromatic rings. The number of anilines is 1. The quantitative estimate of drug-likeness (QED) is 0.780. The van der Waals surface area contributed by atoms with Crippen molar-refractivity contribution >= 4 is 23.4 Å². The van der Waals surface area contributed by atoms with E-state index in [1.807, 2.05) is 25.1 Å². The molecule has 5 rings (SSSR count). The van der Waals surface area contributed by atoms with Crippen LogP contribution < -0.4 is 10.6 Å². The van der Waals surface area contributed by atoms with E-state index in [2.05, 4.69) is 10.6 Å². The fourth-order valence-corrected chi connectivity index (χ4v) is 4.91. The van der Waals surface area contributed by atoms with Gasteiger partial charge in [0.25, 0.3) is 0 Å². The Labute approximate surface area is 160 Å². The Morgan fingerprint density at radius 2 is 1.75 bits per heavy atom. The summed E-state index contributed by atoms with van der Waals surface area (Å²) >= 11 is 0. The Balaban J connectivity index is 1.56. The molecule has 7 heteroatoms. The maximum absolute atomic E-state index is 13.3. The normalized spacial score (nSPS) is 30.7. The van der Waals surface area contributed by atoms with Gasteiger partial charge in [0.05, 0.1) is 18.4 Å². The third-order valence-electron chi connectivity index (χ3n) is 6.12. The average molecular weight is 379 g/mol. The van der Waals surface area contributed by atoms with E-state index in [4.69, 9.17) is 0 Å². The van der Waals surface area contributed by atoms with Gasteiger partial charge in [0, 0.05) is 17.3 Å². The van der Waals surface area contributed by atoms with Crippen LogP contribution in [-0.4, -0.2) is 28.7 Å². The number of nitrogens with zero attached hydrogens (tertiary/aromatic N) is 1. The molecule has 3 aliphatic heterocycles. The molecule has 142 valence electrons. The fraction of sp³-hybridized carbons (Fsp3) is 0.286. The summed E-state index contributed by atoms with van der Waals surface area (Å²) in [6.07, 6.45) is 0. The molecular weight excluding hydrogens is 361 g/mol. The fourth-order valence-electron chi connectivity index (χ4n) is 4.91. The van der Waals surface area contributed by atoms with Crippen molar-refractivity contribution in [1.29, 1.82) is 0 Å². The summed E-state index contributed by atoms with van der Waals surface area (Å²) in [4.78, 5) is 40.6. The molecule has 2 fully saturated rings. The van der Waals surface area contributed by atoms with Crippen LogP contribution in [-0.2, 0) is 26.5 Å². The first-order chi connectivity index (χ1) is 13.4. The third-order valence-corrected chi connectivity index (χ3v) is 6.12. The lowest BCUT2D eigenvalue weighted by Crippen LogP contribution is -2.52. The molecule has 3 aliphatic rings. The molecule has 28 heavy (non-hydrogen) atoms. The van der Waals surface area contributed by atoms with Gasteiger partial charge < -0.3 is 5.32 Å². The third kappa shape index (κ3) is 2.08. The number of carbonyl (C=O) groups excluding carboxylic acids is 3. The second kappa shape index (κ2) is 5.72. The summed E-state index contributed by atoms with van der Waals surface area (Å²) in [7, 11) is 0. The Morgan fingerprint density at radius 3 is 2.50 bits per heavy atom. The van der Waals surface area contributed by atoms with Crippen LogP contribution >= 0.6 is 0 Å². The zero-order valence-corrected chi connectivity index (χ0v) is 15.1. The number of likely N-dealkylation sites (tertiary alicyclic amines) is 1. The summed E-state index contributed by atoms with van der Waals surface area (Å²) < 4.78 is 13.2. The second-order valence-corrected chi connectivity index (χ2v) is 7.63. The molecule has 0 aliphatic carbocycles. The molecular formula is C21H18FN3O3. The highest BCUT2D eigenvalue weighted by Gasteiger charge is 2.69. The molecule has 2 aromatic carbocycles. The summed E-state index contributed by atoms with van der Waals surface area (Å²) in [5.74, 6) is -2.78. The van der Waals surface area contributed by atoms with Crippen LogP contribution in [0.25, 0.3) is 0 Å². The predicted molar refractivity (Wildman–Crippen MR) is 98.3 cm³/mol. The van der Waals surface area contributed by atoms with Gasteiger partial charge in [-0.3, -0.25) is 24.6 Å². The van der Waals surface area contributed by atoms with Gasteiger partial charge in [0.2, 0.25) is 17.7 Å². The number of fused-ring (bicyclic) bond motifs is 4. The van der Waals surface area contributed by atoms with Crippen molar-refractivity contribution in [3.05, 3.63) is 65.5 Å². The van der Waals surface area contributed by atoms with Crippen molar-refractivity contribution < 1.29 is 18.8 Å². The molecule has 0 aromatic heterocycles. The number of benzene rings is 2. The number of hydrogen-bond donors (Lipinski definition) is 2. The minimum atomic E-state index is -1.25. The van der Waals surface area contributed by atoms with Crippen LogP contribution in [0.4, 0.5) is 10.1 Å². The van der Waals surface area contributed by atoms with Gasteiger partial charge in [-0.1, -0.05) is 30.3 Å². The van der Waals surface area contributed by atoms with E-state index in [0.717, 1.165) is 0 Å². The van der Waals surface area contributed by atoms with Crippen molar-refractivity contribution in [3.8, 4) is 0 Å². The van der Waals surface area contributed by atoms with Crippen LogP contribution in [0, 0.1) is 17.7 Å². The largest absolute Gasteiger partial charge is 0.324 e. The van der Waals surface area contributed by atoms with Crippen LogP contribution in [0.15, 0.2) is 48.5 Å². The molecule has 3 heterocycles. The monoisotopic (exact) mass is 379 g/mol. The Kier molecular flexibility index (Phi) is 3.49. The van der Waals surface area contributed by atoms with E-state index in [0.29, 0.717) is 16.8 Å². The number of rotatable bonds is 2. The summed E-state index contributed by atoms with van der Waals surface area (Å²) in [5.41, 5.74) is 0.772. The molecule has 2 N–H and O–H groups in total. The lowest BCUT2D eigenvalue weighted by atomic mass is 9.76. The summed E-state index contributed by atoms with van der Waals surface area (Å²) in [6, 6.07) is 12.6. The van der Waals surface area contributed by atoms with Gasteiger partial charge in [0.1, 0.15) is 11.4 Å². The topological polar surface area (TPSA) is 78.5 Å². The maximum atomic E-state index is 13.3. The standard InChI is InChI=1S/C21H18FN3O3/c1-11-16-17(21(24-11)14-4-2-3-5-15(14)23-20(21)28)19(27)25(18(16)26)10-12-6-8-13(22)9-7-12/h2-9,11,16-17,24H,10H2,1H3,(H,23,28)/t11?,16-,17+,21?/m0/s1. The molecule has 0 saturated carbocycles. The van der Waals surface area contributed by atoms with Gasteiger partial charge in [-0.25, -0.2) is 4.39 Å². The van der Waals surface area contributed by atoms with Gasteiger partial charge in [-0.15, -0.1) is 0 Å². The van der Waals surface area contributed by atoms with Gasteiger partial charge in [-0.05, 0) is 30.7 Å². The predicted octanol–water partition coefficient (Wildman–Crippen LogP) is 1.77. The van der Waals surface area contributed by atoms with E-state index in [-0.39, 0.29) is 36.1 Å². The molecule has 3 amide bonds. The summed E-state index contributed by atoms with van der Waals surface area (Å²) in [6.45, 7) is 1.89. The van der Waals surface area contributed by atoms with Crippen LogP contribution in [0.3, 0.4) is 0 Å². The number of nitrogens with one attached hydrogen (secondary N) is 2. The smallest absolute Gasteiger partial charge is 0.250 e. The van der Waals surface area contributed by atoms with E-state index >= 15 is 0 Å². The van der Waals surface area contributed by atoms with Gasteiger partial charge >= 0.3 is 0 Å². The van der Waals surface area contributed by atoms with Gasteiger partial charge in [0.15, 0.2) is 0 Å². The minimum Gasteiger partial charge on any atom is -0.324 e. The van der Waals surface area contributed by atoms with Crippen molar-refractivity contribution in [2.75, 3.05) is 5.32 Å². The van der Waals surface area contributed by atoms with Crippen LogP contribution in [0.5, 0.6) is 0 Å². The highest BCUT2D eigenvalue weighted by Crippen LogP contribution is 2.52. The lowest BCUT2D eigenvalue weighted by molar-refractivity contribution is -0.143. The lowest BCUT2D eigenvalue weighted by Gasteiger charge is -2.29. The van der Waals surface area contributed by atoms with E-state index in [1.54, 1.807) is 18.2 Å². The Bertz CT molecular complexity index is 1020. The number of halogens is 1. The molecule has 0 radical (unpaired) electrons. The first-order valence-electron chi connectivity index (χ1n) is 9.22. The molecule has 4 atom stereocenters. The average Bonchev–Trinajstić information content (AvgIpc) is 3.23. The number of carbonyl (C=O) groups is 3. The number of hydrogen-bond acceptors (Lipinski definition) is 4. The zero-order chi connectivity index (χ0) is 19.6. The van der Waals surface area contributed by atoms with Crippen molar-refractivity contribution in [2.45, 2.75) is 25.0 Å². The minimum absolute atomic E-state index is 0.0665. The Hall–Kier alpha value is -3.06. The molecule has 2 saturated heterocycles. The Morgan fingerprint density at radius 1 is 1.04 bits per heavy atom. The summed E-state index contributed by atoms with van der Waals surface area (Å²) in [5, 5.41) is 6.10. The van der Waals surface area contributed by atoms with Crippen molar-refractivity contribution in [3.63, 3.8) is 0 Å². The number of imide groups is 1. The molecule has 6 nitrogen and oxygen atoms in total. The number of para-hydroxylation sites is 1. The molecule has 1 spiro atoms. The molecule has 0 bridgehead atoms. The maximum Gasteiger partial charge on any atom is 0.250 e. The van der Waals surface area contributed by atoms with Crippen LogP contribution in [0.1, 0.15) is 18.1 Å². The van der Waals surface area contributed by atoms with Crippen molar-refractivity contribution in [2.24, 2.45) is 11.8 Å². The van der Waals surface area contributed by atoms with Gasteiger partial charge in [-0.2, -0.15) is 0 Å². The second-order valence-electron chi connectivity index (χ2n) is 7.63.